The summed E-state index contributed by atoms with van der Waals surface area (Å²) in [5, 5.41) is 4.20. The van der Waals surface area contributed by atoms with Gasteiger partial charge in [-0.15, -0.1) is 0 Å². The molecule has 0 aliphatic carbocycles. The summed E-state index contributed by atoms with van der Waals surface area (Å²) in [6.45, 7) is 2.97. The highest BCUT2D eigenvalue weighted by atomic mass is 35.5. The van der Waals surface area contributed by atoms with E-state index in [1.165, 1.54) is 5.56 Å². The molecule has 0 aliphatic rings. The minimum atomic E-state index is 0.151. The van der Waals surface area contributed by atoms with Crippen LogP contribution in [0.5, 0.6) is 5.75 Å². The summed E-state index contributed by atoms with van der Waals surface area (Å²) in [6, 6.07) is 9.90. The van der Waals surface area contributed by atoms with Crippen molar-refractivity contribution in [3.8, 4) is 5.75 Å². The molecule has 1 atom stereocenters. The Labute approximate surface area is 124 Å². The number of benzene rings is 1. The zero-order valence-corrected chi connectivity index (χ0v) is 12.5. The lowest BCUT2D eigenvalue weighted by molar-refractivity contribution is 0.399. The number of methoxy groups -OCH3 is 1. The van der Waals surface area contributed by atoms with E-state index < -0.39 is 0 Å². The first-order valence-electron chi connectivity index (χ1n) is 6.70. The van der Waals surface area contributed by atoms with Crippen molar-refractivity contribution in [2.75, 3.05) is 13.7 Å². The Morgan fingerprint density at radius 1 is 1.35 bits per heavy atom. The molecule has 0 fully saturated rings. The third kappa shape index (κ3) is 3.71. The molecule has 0 spiro atoms. The van der Waals surface area contributed by atoms with Gasteiger partial charge in [-0.2, -0.15) is 0 Å². The molecule has 0 aliphatic heterocycles. The predicted molar refractivity (Wildman–Crippen MR) is 82.4 cm³/mol. The lowest BCUT2D eigenvalue weighted by atomic mass is 9.99. The maximum atomic E-state index is 6.13. The smallest absolute Gasteiger partial charge is 0.123 e. The molecule has 2 rings (SSSR count). The molecule has 0 saturated heterocycles. The van der Waals surface area contributed by atoms with Crippen LogP contribution < -0.4 is 10.1 Å². The normalized spacial score (nSPS) is 12.2. The molecule has 3 nitrogen and oxygen atoms in total. The number of halogens is 1. The molecule has 1 N–H and O–H groups in total. The molecule has 4 heteroatoms. The lowest BCUT2D eigenvalue weighted by Gasteiger charge is -2.21. The quantitative estimate of drug-likeness (QED) is 0.882. The summed E-state index contributed by atoms with van der Waals surface area (Å²) in [6.07, 6.45) is 4.52. The van der Waals surface area contributed by atoms with Gasteiger partial charge >= 0.3 is 0 Å². The van der Waals surface area contributed by atoms with Gasteiger partial charge in [0.1, 0.15) is 5.75 Å². The SMILES string of the molecule is CCNC(Cc1cccnc1)c1cc(Cl)ccc1OC. The van der Waals surface area contributed by atoms with Gasteiger partial charge in [-0.3, -0.25) is 4.98 Å². The minimum absolute atomic E-state index is 0.151. The average molecular weight is 291 g/mol. The topological polar surface area (TPSA) is 34.2 Å². The molecular formula is C16H19ClN2O. The maximum Gasteiger partial charge on any atom is 0.123 e. The van der Waals surface area contributed by atoms with Crippen molar-refractivity contribution in [3.05, 3.63) is 58.9 Å². The average Bonchev–Trinajstić information content (AvgIpc) is 2.48. The molecule has 0 radical (unpaired) electrons. The van der Waals surface area contributed by atoms with Crippen LogP contribution in [0.25, 0.3) is 0 Å². The van der Waals surface area contributed by atoms with Gasteiger partial charge in [0.25, 0.3) is 0 Å². The number of likely N-dealkylation sites (N-methyl/N-ethyl adjacent to an activating group) is 1. The van der Waals surface area contributed by atoms with Crippen LogP contribution in [-0.4, -0.2) is 18.6 Å². The summed E-state index contributed by atoms with van der Waals surface area (Å²) in [5.41, 5.74) is 2.26. The summed E-state index contributed by atoms with van der Waals surface area (Å²) in [7, 11) is 1.68. The van der Waals surface area contributed by atoms with Gasteiger partial charge in [0.15, 0.2) is 0 Å². The van der Waals surface area contributed by atoms with Gasteiger partial charge in [0.2, 0.25) is 0 Å². The van der Waals surface area contributed by atoms with Gasteiger partial charge in [-0.25, -0.2) is 0 Å². The van der Waals surface area contributed by atoms with Crippen LogP contribution in [0, 0.1) is 0 Å². The van der Waals surface area contributed by atoms with E-state index >= 15 is 0 Å². The number of hydrogen-bond donors (Lipinski definition) is 1. The van der Waals surface area contributed by atoms with E-state index in [1.807, 2.05) is 30.5 Å². The Morgan fingerprint density at radius 3 is 2.85 bits per heavy atom. The van der Waals surface area contributed by atoms with Crippen LogP contribution in [0.4, 0.5) is 0 Å². The Balaban J connectivity index is 2.30. The van der Waals surface area contributed by atoms with Gasteiger partial charge < -0.3 is 10.1 Å². The summed E-state index contributed by atoms with van der Waals surface area (Å²) in [4.78, 5) is 4.17. The molecule has 1 aromatic carbocycles. The number of hydrogen-bond acceptors (Lipinski definition) is 3. The molecule has 20 heavy (non-hydrogen) atoms. The molecular weight excluding hydrogens is 272 g/mol. The van der Waals surface area contributed by atoms with Crippen molar-refractivity contribution in [1.29, 1.82) is 0 Å². The van der Waals surface area contributed by atoms with E-state index in [0.717, 1.165) is 29.3 Å². The highest BCUT2D eigenvalue weighted by Crippen LogP contribution is 2.30. The van der Waals surface area contributed by atoms with Crippen molar-refractivity contribution in [2.24, 2.45) is 0 Å². The second-order valence-electron chi connectivity index (χ2n) is 4.56. The first-order valence-corrected chi connectivity index (χ1v) is 7.08. The van der Waals surface area contributed by atoms with Crippen LogP contribution in [-0.2, 0) is 6.42 Å². The Kier molecular flexibility index (Phi) is 5.39. The second kappa shape index (κ2) is 7.27. The van der Waals surface area contributed by atoms with Crippen molar-refractivity contribution < 1.29 is 4.74 Å². The Hall–Kier alpha value is -1.58. The van der Waals surface area contributed by atoms with Crippen molar-refractivity contribution >= 4 is 11.6 Å². The van der Waals surface area contributed by atoms with Gasteiger partial charge in [-0.1, -0.05) is 24.6 Å². The molecule has 0 amide bonds. The number of nitrogens with one attached hydrogen (secondary N) is 1. The molecule has 106 valence electrons. The third-order valence-corrected chi connectivity index (χ3v) is 3.42. The Bertz CT molecular complexity index is 545. The highest BCUT2D eigenvalue weighted by Gasteiger charge is 2.16. The van der Waals surface area contributed by atoms with Crippen molar-refractivity contribution in [1.82, 2.24) is 10.3 Å². The molecule has 1 unspecified atom stereocenters. The fourth-order valence-electron chi connectivity index (χ4n) is 2.27. The zero-order chi connectivity index (χ0) is 14.4. The number of nitrogens with zero attached hydrogens (tertiary/aromatic N) is 1. The standard InChI is InChI=1S/C16H19ClN2O/c1-3-19-15(9-12-5-4-8-18-11-12)14-10-13(17)6-7-16(14)20-2/h4-8,10-11,15,19H,3,9H2,1-2H3. The molecule has 1 heterocycles. The summed E-state index contributed by atoms with van der Waals surface area (Å²) >= 11 is 6.13. The second-order valence-corrected chi connectivity index (χ2v) is 5.00. The van der Waals surface area contributed by atoms with E-state index in [4.69, 9.17) is 16.3 Å². The fraction of sp³-hybridized carbons (Fsp3) is 0.312. The monoisotopic (exact) mass is 290 g/mol. The third-order valence-electron chi connectivity index (χ3n) is 3.18. The van der Waals surface area contributed by atoms with Crippen LogP contribution in [0.15, 0.2) is 42.7 Å². The van der Waals surface area contributed by atoms with Gasteiger partial charge in [0.05, 0.1) is 7.11 Å². The summed E-state index contributed by atoms with van der Waals surface area (Å²) < 4.78 is 5.45. The highest BCUT2D eigenvalue weighted by molar-refractivity contribution is 6.30. The van der Waals surface area contributed by atoms with Crippen molar-refractivity contribution in [3.63, 3.8) is 0 Å². The maximum absolute atomic E-state index is 6.13. The zero-order valence-electron chi connectivity index (χ0n) is 11.8. The molecule has 0 saturated carbocycles. The number of ether oxygens (including phenoxy) is 1. The van der Waals surface area contributed by atoms with E-state index in [2.05, 4.69) is 23.3 Å². The fourth-order valence-corrected chi connectivity index (χ4v) is 2.45. The van der Waals surface area contributed by atoms with E-state index in [9.17, 15) is 0 Å². The first kappa shape index (κ1) is 14.8. The van der Waals surface area contributed by atoms with Crippen LogP contribution in [0.2, 0.25) is 5.02 Å². The largest absolute Gasteiger partial charge is 0.496 e. The molecule has 2 aromatic rings. The number of pyridine rings is 1. The predicted octanol–water partition coefficient (Wildman–Crippen LogP) is 3.64. The summed E-state index contributed by atoms with van der Waals surface area (Å²) in [5.74, 6) is 0.851. The van der Waals surface area contributed by atoms with Crippen LogP contribution >= 0.6 is 11.6 Å². The van der Waals surface area contributed by atoms with E-state index in [-0.39, 0.29) is 6.04 Å². The number of aromatic nitrogens is 1. The van der Waals surface area contributed by atoms with Gasteiger partial charge in [0, 0.05) is 29.0 Å². The van der Waals surface area contributed by atoms with E-state index in [0.29, 0.717) is 0 Å². The van der Waals surface area contributed by atoms with E-state index in [1.54, 1.807) is 13.3 Å². The number of rotatable bonds is 6. The van der Waals surface area contributed by atoms with Crippen LogP contribution in [0.3, 0.4) is 0 Å². The molecule has 0 bridgehead atoms. The first-order chi connectivity index (χ1) is 9.74. The van der Waals surface area contributed by atoms with Crippen LogP contribution in [0.1, 0.15) is 24.1 Å². The lowest BCUT2D eigenvalue weighted by Crippen LogP contribution is -2.23. The molecule has 1 aromatic heterocycles. The van der Waals surface area contributed by atoms with Gasteiger partial charge in [-0.05, 0) is 42.8 Å². The minimum Gasteiger partial charge on any atom is -0.496 e. The Morgan fingerprint density at radius 2 is 2.20 bits per heavy atom. The van der Waals surface area contributed by atoms with Crippen molar-refractivity contribution in [2.45, 2.75) is 19.4 Å².